The molecule has 2 saturated carbocycles. The van der Waals surface area contributed by atoms with E-state index in [1.54, 1.807) is 7.11 Å². The average molecular weight is 569 g/mol. The van der Waals surface area contributed by atoms with Crippen LogP contribution in [0.3, 0.4) is 0 Å². The lowest BCUT2D eigenvalue weighted by atomic mass is 9.50. The van der Waals surface area contributed by atoms with Crippen molar-refractivity contribution < 1.29 is 23.8 Å². The molecule has 2 aliphatic heterocycles. The first kappa shape index (κ1) is 27.3. The van der Waals surface area contributed by atoms with E-state index in [1.165, 1.54) is 25.3 Å². The summed E-state index contributed by atoms with van der Waals surface area (Å²) in [6.45, 7) is 7.73. The third kappa shape index (κ3) is 4.21. The van der Waals surface area contributed by atoms with Crippen LogP contribution < -0.4 is 14.2 Å². The molecule has 7 heteroatoms. The first-order valence-electron chi connectivity index (χ1n) is 15.4. The van der Waals surface area contributed by atoms with E-state index < -0.39 is 0 Å². The first-order valence-corrected chi connectivity index (χ1v) is 15.4. The highest BCUT2D eigenvalue weighted by Gasteiger charge is 2.67. The van der Waals surface area contributed by atoms with E-state index in [1.807, 2.05) is 36.2 Å². The average Bonchev–Trinajstić information content (AvgIpc) is 3.72. The third-order valence-corrected chi connectivity index (χ3v) is 10.8. The van der Waals surface area contributed by atoms with Gasteiger partial charge in [-0.2, -0.15) is 0 Å². The Morgan fingerprint density at radius 1 is 1.12 bits per heavy atom. The van der Waals surface area contributed by atoms with Crippen molar-refractivity contribution in [3.05, 3.63) is 52.1 Å². The van der Waals surface area contributed by atoms with Crippen LogP contribution in [0.1, 0.15) is 66.8 Å². The van der Waals surface area contributed by atoms with E-state index in [4.69, 9.17) is 14.2 Å². The van der Waals surface area contributed by atoms with Crippen LogP contribution in [0.5, 0.6) is 17.2 Å². The number of nitrogens with zero attached hydrogens (tertiary/aromatic N) is 2. The van der Waals surface area contributed by atoms with Crippen LogP contribution in [0.25, 0.3) is 0 Å². The lowest BCUT2D eigenvalue weighted by molar-refractivity contribution is -0.135. The summed E-state index contributed by atoms with van der Waals surface area (Å²) in [4.78, 5) is 30.3. The number of esters is 1. The van der Waals surface area contributed by atoms with Crippen molar-refractivity contribution in [1.82, 2.24) is 9.80 Å². The molecule has 0 aromatic heterocycles. The molecular formula is C35H40N2O5. The second kappa shape index (κ2) is 10.1. The van der Waals surface area contributed by atoms with Crippen molar-refractivity contribution in [3.8, 4) is 29.1 Å². The van der Waals surface area contributed by atoms with Crippen LogP contribution in [0, 0.1) is 37.5 Å². The molecule has 2 aromatic rings. The summed E-state index contributed by atoms with van der Waals surface area (Å²) in [7, 11) is 3.51. The highest BCUT2D eigenvalue weighted by atomic mass is 16.5. The summed E-state index contributed by atoms with van der Waals surface area (Å²) in [5.41, 5.74) is 5.18. The number of piperidine rings is 1. The standard InChI is InChI=1S/C35H40N2O5/c1-20-6-7-23(16-21(20)2)10-13-31(39)36(4)27-12-11-26-28-17-25-29(41-22(3)38)18-30(40-5)33-32(25)35(26,34(27)42-33)14-15-37(28)19-24-8-9-24/h6-7,16,18,24,26-28,34H,8-9,11-12,14-15,17,19H2,1-5H3/t26-,27-,28+,34-,35-/m0/s1. The van der Waals surface area contributed by atoms with Gasteiger partial charge in [-0.05, 0) is 94.0 Å². The SMILES string of the molecule is COc1cc(OC(C)=O)c2c3c1O[C@H]1[C@@H](N(C)C(=O)C#Cc4ccc(C)c(C)c4)CC[C@H]4[C@@H](C2)N(CC2CC2)CC[C@@]341. The van der Waals surface area contributed by atoms with Crippen LogP contribution in [-0.2, 0) is 21.4 Å². The van der Waals surface area contributed by atoms with Gasteiger partial charge in [-0.1, -0.05) is 12.0 Å². The molecule has 0 unspecified atom stereocenters. The molecule has 42 heavy (non-hydrogen) atoms. The first-order chi connectivity index (χ1) is 20.2. The van der Waals surface area contributed by atoms with Gasteiger partial charge in [0.25, 0.3) is 5.91 Å². The lowest BCUT2D eigenvalue weighted by Gasteiger charge is -2.60. The lowest BCUT2D eigenvalue weighted by Crippen LogP contribution is -2.69. The Balaban J connectivity index is 1.28. The number of carbonyl (C=O) groups excluding carboxylic acids is 2. The van der Waals surface area contributed by atoms with Crippen molar-refractivity contribution in [2.75, 3.05) is 27.2 Å². The van der Waals surface area contributed by atoms with Gasteiger partial charge in [0, 0.05) is 60.7 Å². The number of hydrogen-bond donors (Lipinski definition) is 0. The number of carbonyl (C=O) groups is 2. The summed E-state index contributed by atoms with van der Waals surface area (Å²) in [5.74, 6) is 8.63. The highest BCUT2D eigenvalue weighted by molar-refractivity contribution is 5.94. The number of ether oxygens (including phenoxy) is 3. The molecule has 0 N–H and O–H groups in total. The number of rotatable bonds is 5. The molecule has 2 aromatic carbocycles. The molecule has 3 fully saturated rings. The number of methoxy groups -OCH3 is 1. The summed E-state index contributed by atoms with van der Waals surface area (Å²) < 4.78 is 18.6. The van der Waals surface area contributed by atoms with Gasteiger partial charge in [0.2, 0.25) is 0 Å². The summed E-state index contributed by atoms with van der Waals surface area (Å²) >= 11 is 0. The van der Waals surface area contributed by atoms with Crippen molar-refractivity contribution >= 4 is 11.9 Å². The van der Waals surface area contributed by atoms with E-state index in [9.17, 15) is 9.59 Å². The number of aryl methyl sites for hydroxylation is 2. The Morgan fingerprint density at radius 3 is 2.64 bits per heavy atom. The largest absolute Gasteiger partial charge is 0.493 e. The number of benzene rings is 2. The summed E-state index contributed by atoms with van der Waals surface area (Å²) in [6.07, 6.45) is 6.09. The Labute approximate surface area is 248 Å². The second-order valence-corrected chi connectivity index (χ2v) is 13.1. The molecule has 7 rings (SSSR count). The zero-order chi connectivity index (χ0) is 29.3. The van der Waals surface area contributed by atoms with Gasteiger partial charge in [-0.3, -0.25) is 14.5 Å². The van der Waals surface area contributed by atoms with Crippen molar-refractivity contribution in [2.24, 2.45) is 11.8 Å². The quantitative estimate of drug-likeness (QED) is 0.299. The molecular weight excluding hydrogens is 528 g/mol. The Morgan fingerprint density at radius 2 is 1.93 bits per heavy atom. The van der Waals surface area contributed by atoms with E-state index >= 15 is 0 Å². The van der Waals surface area contributed by atoms with E-state index in [-0.39, 0.29) is 29.4 Å². The van der Waals surface area contributed by atoms with Crippen molar-refractivity contribution in [2.45, 2.75) is 82.9 Å². The van der Waals surface area contributed by atoms with Crippen LogP contribution >= 0.6 is 0 Å². The third-order valence-electron chi connectivity index (χ3n) is 10.8. The maximum Gasteiger partial charge on any atom is 0.308 e. The van der Waals surface area contributed by atoms with Gasteiger partial charge in [0.1, 0.15) is 11.9 Å². The monoisotopic (exact) mass is 568 g/mol. The molecule has 7 nitrogen and oxygen atoms in total. The predicted octanol–water partition coefficient (Wildman–Crippen LogP) is 4.57. The normalized spacial score (nSPS) is 28.6. The predicted molar refractivity (Wildman–Crippen MR) is 159 cm³/mol. The fourth-order valence-corrected chi connectivity index (χ4v) is 8.47. The summed E-state index contributed by atoms with van der Waals surface area (Å²) in [5, 5.41) is 0. The van der Waals surface area contributed by atoms with Gasteiger partial charge in [-0.15, -0.1) is 0 Å². The van der Waals surface area contributed by atoms with Crippen LogP contribution in [0.15, 0.2) is 24.3 Å². The maximum absolute atomic E-state index is 13.5. The fourth-order valence-electron chi connectivity index (χ4n) is 8.47. The highest BCUT2D eigenvalue weighted by Crippen LogP contribution is 2.66. The Kier molecular flexibility index (Phi) is 6.54. The molecule has 1 spiro atoms. The molecule has 5 atom stereocenters. The Bertz CT molecular complexity index is 1530. The van der Waals surface area contributed by atoms with Gasteiger partial charge in [0.05, 0.1) is 13.2 Å². The van der Waals surface area contributed by atoms with Crippen molar-refractivity contribution in [3.63, 3.8) is 0 Å². The minimum atomic E-state index is -0.336. The van der Waals surface area contributed by atoms with Gasteiger partial charge in [-0.25, -0.2) is 0 Å². The number of amides is 1. The molecule has 0 radical (unpaired) electrons. The zero-order valence-corrected chi connectivity index (χ0v) is 25.3. The van der Waals surface area contributed by atoms with Crippen molar-refractivity contribution in [1.29, 1.82) is 0 Å². The maximum atomic E-state index is 13.5. The number of likely N-dealkylation sites (tertiary alicyclic amines) is 1. The minimum absolute atomic E-state index is 0.126. The van der Waals surface area contributed by atoms with Gasteiger partial charge in [0.15, 0.2) is 11.5 Å². The molecule has 1 saturated heterocycles. The smallest absolute Gasteiger partial charge is 0.308 e. The van der Waals surface area contributed by atoms with E-state index in [0.717, 1.165) is 72.7 Å². The zero-order valence-electron chi connectivity index (χ0n) is 25.3. The fraction of sp³-hybridized carbons (Fsp3) is 0.543. The van der Waals surface area contributed by atoms with Gasteiger partial charge >= 0.3 is 5.97 Å². The molecule has 2 heterocycles. The topological polar surface area (TPSA) is 68.3 Å². The Hall–Kier alpha value is -3.50. The van der Waals surface area contributed by atoms with Crippen LogP contribution in [-0.4, -0.2) is 67.1 Å². The number of likely N-dealkylation sites (N-methyl/N-ethyl adjacent to an activating group) is 1. The molecule has 1 amide bonds. The minimum Gasteiger partial charge on any atom is -0.493 e. The van der Waals surface area contributed by atoms with Crippen LogP contribution in [0.2, 0.25) is 0 Å². The molecule has 3 aliphatic carbocycles. The second-order valence-electron chi connectivity index (χ2n) is 13.1. The number of hydrogen-bond acceptors (Lipinski definition) is 6. The van der Waals surface area contributed by atoms with Crippen LogP contribution in [0.4, 0.5) is 0 Å². The molecule has 220 valence electrons. The van der Waals surface area contributed by atoms with E-state index in [2.05, 4.69) is 30.6 Å². The van der Waals surface area contributed by atoms with E-state index in [0.29, 0.717) is 23.5 Å². The van der Waals surface area contributed by atoms with Gasteiger partial charge < -0.3 is 19.1 Å². The molecule has 2 bridgehead atoms. The molecule has 5 aliphatic rings. The summed E-state index contributed by atoms with van der Waals surface area (Å²) in [6, 6.07) is 8.10.